The van der Waals surface area contributed by atoms with Crippen molar-refractivity contribution in [2.75, 3.05) is 26.2 Å². The summed E-state index contributed by atoms with van der Waals surface area (Å²) >= 11 is 0. The Labute approximate surface area is 158 Å². The van der Waals surface area contributed by atoms with Crippen molar-refractivity contribution in [2.24, 2.45) is 0 Å². The minimum Gasteiger partial charge on any atom is -0.456 e. The minimum atomic E-state index is -0.637. The first-order valence-corrected chi connectivity index (χ1v) is 8.79. The molecule has 0 N–H and O–H groups in total. The van der Waals surface area contributed by atoms with Gasteiger partial charge in [0, 0.05) is 19.6 Å². The standard InChI is InChI=1S/C20H24N2O5/c1-5-21(11-13(2)3)17(23)12-27-18(24)8-9-22-19(25)15-7-6-14(4)10-16(15)20(22)26/h6-7,10H,2,5,8-9,11-12H2,1,3-4H3. The number of fused-ring (bicyclic) bond motifs is 1. The molecule has 7 nitrogen and oxygen atoms in total. The van der Waals surface area contributed by atoms with Crippen LogP contribution in [-0.2, 0) is 14.3 Å². The molecule has 0 atom stereocenters. The number of aryl methyl sites for hydroxylation is 1. The van der Waals surface area contributed by atoms with Crippen LogP contribution in [0, 0.1) is 6.92 Å². The molecule has 144 valence electrons. The maximum atomic E-state index is 12.4. The second-order valence-electron chi connectivity index (χ2n) is 6.59. The molecule has 27 heavy (non-hydrogen) atoms. The summed E-state index contributed by atoms with van der Waals surface area (Å²) in [5.41, 5.74) is 2.40. The third kappa shape index (κ3) is 4.81. The van der Waals surface area contributed by atoms with E-state index in [2.05, 4.69) is 6.58 Å². The van der Waals surface area contributed by atoms with Gasteiger partial charge < -0.3 is 9.64 Å². The number of carbonyl (C=O) groups excluding carboxylic acids is 4. The number of amides is 3. The van der Waals surface area contributed by atoms with E-state index in [9.17, 15) is 19.2 Å². The van der Waals surface area contributed by atoms with Crippen molar-refractivity contribution < 1.29 is 23.9 Å². The Bertz CT molecular complexity index is 800. The highest BCUT2D eigenvalue weighted by molar-refractivity contribution is 6.21. The van der Waals surface area contributed by atoms with Crippen LogP contribution in [0.15, 0.2) is 30.4 Å². The summed E-state index contributed by atoms with van der Waals surface area (Å²) in [4.78, 5) is 51.2. The molecule has 1 aliphatic heterocycles. The van der Waals surface area contributed by atoms with Gasteiger partial charge in [-0.15, -0.1) is 0 Å². The summed E-state index contributed by atoms with van der Waals surface area (Å²) in [5.74, 6) is -1.79. The first-order chi connectivity index (χ1) is 12.7. The number of esters is 1. The lowest BCUT2D eigenvalue weighted by Gasteiger charge is -2.20. The molecule has 1 aromatic carbocycles. The first kappa shape index (κ1) is 20.4. The van der Waals surface area contributed by atoms with Crippen molar-refractivity contribution in [1.29, 1.82) is 0 Å². The second kappa shape index (κ2) is 8.62. The molecule has 7 heteroatoms. The molecular weight excluding hydrogens is 348 g/mol. The van der Waals surface area contributed by atoms with E-state index in [1.807, 2.05) is 20.8 Å². The van der Waals surface area contributed by atoms with Crippen molar-refractivity contribution in [3.8, 4) is 0 Å². The number of hydrogen-bond donors (Lipinski definition) is 0. The highest BCUT2D eigenvalue weighted by Crippen LogP contribution is 2.23. The van der Waals surface area contributed by atoms with Crippen LogP contribution < -0.4 is 0 Å². The number of imide groups is 1. The van der Waals surface area contributed by atoms with Crippen molar-refractivity contribution in [2.45, 2.75) is 27.2 Å². The smallest absolute Gasteiger partial charge is 0.308 e. The van der Waals surface area contributed by atoms with Gasteiger partial charge in [-0.1, -0.05) is 23.8 Å². The average Bonchev–Trinajstić information content (AvgIpc) is 2.85. The summed E-state index contributed by atoms with van der Waals surface area (Å²) in [6, 6.07) is 5.04. The Hall–Kier alpha value is -2.96. The molecule has 0 aliphatic carbocycles. The molecule has 0 spiro atoms. The van der Waals surface area contributed by atoms with E-state index in [4.69, 9.17) is 4.74 Å². The fourth-order valence-corrected chi connectivity index (χ4v) is 2.82. The molecule has 0 saturated heterocycles. The number of rotatable bonds is 8. The molecule has 0 fully saturated rings. The summed E-state index contributed by atoms with van der Waals surface area (Å²) in [7, 11) is 0. The van der Waals surface area contributed by atoms with E-state index in [-0.39, 0.29) is 25.5 Å². The molecule has 1 heterocycles. The van der Waals surface area contributed by atoms with Crippen molar-refractivity contribution in [3.05, 3.63) is 47.0 Å². The van der Waals surface area contributed by atoms with Crippen LogP contribution >= 0.6 is 0 Å². The third-order valence-corrected chi connectivity index (χ3v) is 4.22. The fourth-order valence-electron chi connectivity index (χ4n) is 2.82. The van der Waals surface area contributed by atoms with Crippen molar-refractivity contribution >= 4 is 23.7 Å². The number of hydrogen-bond acceptors (Lipinski definition) is 5. The Balaban J connectivity index is 1.86. The molecular formula is C20H24N2O5. The topological polar surface area (TPSA) is 84.0 Å². The van der Waals surface area contributed by atoms with Crippen LogP contribution in [0.25, 0.3) is 0 Å². The Morgan fingerprint density at radius 1 is 1.19 bits per heavy atom. The van der Waals surface area contributed by atoms with E-state index in [1.165, 1.54) is 4.90 Å². The largest absolute Gasteiger partial charge is 0.456 e. The zero-order chi connectivity index (χ0) is 20.1. The quantitative estimate of drug-likeness (QED) is 0.396. The summed E-state index contributed by atoms with van der Waals surface area (Å²) in [6.07, 6.45) is -0.162. The van der Waals surface area contributed by atoms with E-state index >= 15 is 0 Å². The van der Waals surface area contributed by atoms with E-state index in [1.54, 1.807) is 18.2 Å². The van der Waals surface area contributed by atoms with Gasteiger partial charge in [-0.25, -0.2) is 0 Å². The minimum absolute atomic E-state index is 0.0817. The normalized spacial score (nSPS) is 12.8. The van der Waals surface area contributed by atoms with Crippen LogP contribution in [0.1, 0.15) is 46.5 Å². The third-order valence-electron chi connectivity index (χ3n) is 4.22. The SMILES string of the molecule is C=C(C)CN(CC)C(=O)COC(=O)CCN1C(=O)c2ccc(C)cc2C1=O. The molecule has 0 unspecified atom stereocenters. The number of nitrogens with zero attached hydrogens (tertiary/aromatic N) is 2. The number of carbonyl (C=O) groups is 4. The van der Waals surface area contributed by atoms with Gasteiger partial charge in [0.2, 0.25) is 0 Å². The molecule has 0 radical (unpaired) electrons. The molecule has 0 saturated carbocycles. The molecule has 2 rings (SSSR count). The lowest BCUT2D eigenvalue weighted by atomic mass is 10.1. The fraction of sp³-hybridized carbons (Fsp3) is 0.400. The molecule has 1 aliphatic rings. The Morgan fingerprint density at radius 2 is 1.85 bits per heavy atom. The van der Waals surface area contributed by atoms with E-state index < -0.39 is 17.8 Å². The molecule has 3 amide bonds. The first-order valence-electron chi connectivity index (χ1n) is 8.79. The van der Waals surface area contributed by atoms with Gasteiger partial charge in [-0.2, -0.15) is 0 Å². The van der Waals surface area contributed by atoms with Gasteiger partial charge in [-0.3, -0.25) is 24.1 Å². The van der Waals surface area contributed by atoms with Crippen LogP contribution in [0.3, 0.4) is 0 Å². The van der Waals surface area contributed by atoms with E-state index in [0.717, 1.165) is 16.0 Å². The van der Waals surface area contributed by atoms with Gasteiger partial charge in [0.25, 0.3) is 17.7 Å². The highest BCUT2D eigenvalue weighted by Gasteiger charge is 2.35. The zero-order valence-corrected chi connectivity index (χ0v) is 15.9. The van der Waals surface area contributed by atoms with Gasteiger partial charge >= 0.3 is 5.97 Å². The highest BCUT2D eigenvalue weighted by atomic mass is 16.5. The van der Waals surface area contributed by atoms with Crippen LogP contribution in [0.5, 0.6) is 0 Å². The average molecular weight is 372 g/mol. The lowest BCUT2D eigenvalue weighted by Crippen LogP contribution is -2.36. The number of ether oxygens (including phenoxy) is 1. The molecule has 1 aromatic rings. The molecule has 0 bridgehead atoms. The van der Waals surface area contributed by atoms with Crippen LogP contribution in [0.2, 0.25) is 0 Å². The lowest BCUT2D eigenvalue weighted by molar-refractivity contribution is -0.151. The van der Waals surface area contributed by atoms with Gasteiger partial charge in [0.15, 0.2) is 6.61 Å². The van der Waals surface area contributed by atoms with Crippen molar-refractivity contribution in [1.82, 2.24) is 9.80 Å². The van der Waals surface area contributed by atoms with Crippen molar-refractivity contribution in [3.63, 3.8) is 0 Å². The molecule has 0 aromatic heterocycles. The van der Waals surface area contributed by atoms with Gasteiger partial charge in [-0.05, 0) is 32.9 Å². The predicted octanol–water partition coefficient (Wildman–Crippen LogP) is 1.95. The summed E-state index contributed by atoms with van der Waals surface area (Å²) in [5, 5.41) is 0. The number of benzene rings is 1. The zero-order valence-electron chi connectivity index (χ0n) is 15.9. The monoisotopic (exact) mass is 372 g/mol. The maximum absolute atomic E-state index is 12.4. The number of likely N-dealkylation sites (N-methyl/N-ethyl adjacent to an activating group) is 1. The summed E-state index contributed by atoms with van der Waals surface area (Å²) < 4.78 is 4.99. The maximum Gasteiger partial charge on any atom is 0.308 e. The second-order valence-corrected chi connectivity index (χ2v) is 6.59. The van der Waals surface area contributed by atoms with Gasteiger partial charge in [0.05, 0.1) is 17.5 Å². The summed E-state index contributed by atoms with van der Waals surface area (Å²) in [6.45, 7) is 9.67. The Kier molecular flexibility index (Phi) is 6.50. The van der Waals surface area contributed by atoms with E-state index in [0.29, 0.717) is 24.2 Å². The predicted molar refractivity (Wildman–Crippen MR) is 99.2 cm³/mol. The van der Waals surface area contributed by atoms with Crippen LogP contribution in [-0.4, -0.2) is 59.7 Å². The van der Waals surface area contributed by atoms with Crippen LogP contribution in [0.4, 0.5) is 0 Å². The Morgan fingerprint density at radius 3 is 2.48 bits per heavy atom. The van der Waals surface area contributed by atoms with Gasteiger partial charge in [0.1, 0.15) is 0 Å².